The Kier molecular flexibility index (Phi) is 3.90. The number of likely N-dealkylation sites (tertiary alicyclic amines) is 1. The number of anilines is 1. The second kappa shape index (κ2) is 5.42. The third-order valence-corrected chi connectivity index (χ3v) is 3.97. The molecule has 3 heteroatoms. The number of piperidine rings is 1. The Bertz CT molecular complexity index is 442. The van der Waals surface area contributed by atoms with Crippen LogP contribution in [-0.2, 0) is 0 Å². The van der Waals surface area contributed by atoms with Gasteiger partial charge in [0.2, 0.25) is 0 Å². The highest BCUT2D eigenvalue weighted by atomic mass is 16.2. The van der Waals surface area contributed by atoms with Gasteiger partial charge in [-0.3, -0.25) is 4.79 Å². The number of hydrogen-bond donors (Lipinski definition) is 1. The van der Waals surface area contributed by atoms with Crippen molar-refractivity contribution >= 4 is 11.6 Å². The van der Waals surface area contributed by atoms with E-state index in [1.165, 1.54) is 6.42 Å². The van der Waals surface area contributed by atoms with Crippen LogP contribution in [0.15, 0.2) is 18.2 Å². The van der Waals surface area contributed by atoms with Crippen LogP contribution in [0.3, 0.4) is 0 Å². The Balaban J connectivity index is 2.27. The summed E-state index contributed by atoms with van der Waals surface area (Å²) in [6.07, 6.45) is 4.51. The van der Waals surface area contributed by atoms with Crippen molar-refractivity contribution in [3.8, 4) is 0 Å². The van der Waals surface area contributed by atoms with Crippen molar-refractivity contribution < 1.29 is 4.79 Å². The smallest absolute Gasteiger partial charge is 0.254 e. The second-order valence-electron chi connectivity index (χ2n) is 5.08. The van der Waals surface area contributed by atoms with Gasteiger partial charge in [-0.1, -0.05) is 13.0 Å². The molecule has 1 atom stereocenters. The molecule has 0 aliphatic carbocycles. The third-order valence-electron chi connectivity index (χ3n) is 3.97. The molecule has 1 fully saturated rings. The molecule has 0 spiro atoms. The van der Waals surface area contributed by atoms with Crippen molar-refractivity contribution in [1.29, 1.82) is 0 Å². The summed E-state index contributed by atoms with van der Waals surface area (Å²) in [5, 5.41) is 0. The number of carbonyl (C=O) groups excluding carboxylic acids is 1. The van der Waals surface area contributed by atoms with Gasteiger partial charge in [0.15, 0.2) is 0 Å². The lowest BCUT2D eigenvalue weighted by molar-refractivity contribution is 0.0607. The average molecular weight is 246 g/mol. The Labute approximate surface area is 109 Å². The molecule has 98 valence electrons. The van der Waals surface area contributed by atoms with Crippen LogP contribution in [-0.4, -0.2) is 23.4 Å². The Hall–Kier alpha value is -1.51. The average Bonchev–Trinajstić information content (AvgIpc) is 2.41. The fourth-order valence-electron chi connectivity index (χ4n) is 2.73. The van der Waals surface area contributed by atoms with E-state index in [0.717, 1.165) is 36.9 Å². The number of benzene rings is 1. The van der Waals surface area contributed by atoms with Gasteiger partial charge < -0.3 is 10.6 Å². The molecule has 0 saturated carbocycles. The van der Waals surface area contributed by atoms with E-state index < -0.39 is 0 Å². The summed E-state index contributed by atoms with van der Waals surface area (Å²) in [6, 6.07) is 5.99. The maximum Gasteiger partial charge on any atom is 0.254 e. The van der Waals surface area contributed by atoms with Crippen LogP contribution < -0.4 is 5.73 Å². The van der Waals surface area contributed by atoms with Crippen LogP contribution in [0.25, 0.3) is 0 Å². The molecule has 3 nitrogen and oxygen atoms in total. The minimum Gasteiger partial charge on any atom is -0.398 e. The largest absolute Gasteiger partial charge is 0.398 e. The molecule has 0 bridgehead atoms. The molecular formula is C15H22N2O. The van der Waals surface area contributed by atoms with Gasteiger partial charge >= 0.3 is 0 Å². The van der Waals surface area contributed by atoms with Crippen molar-refractivity contribution in [2.45, 2.75) is 45.6 Å². The van der Waals surface area contributed by atoms with Crippen LogP contribution in [0, 0.1) is 6.92 Å². The first-order chi connectivity index (χ1) is 8.65. The quantitative estimate of drug-likeness (QED) is 0.815. The SMILES string of the molecule is CCC1CCCCN1C(=O)c1cccc(N)c1C. The van der Waals surface area contributed by atoms with E-state index in [0.29, 0.717) is 11.7 Å². The molecule has 0 radical (unpaired) electrons. The third kappa shape index (κ3) is 2.35. The van der Waals surface area contributed by atoms with Crippen molar-refractivity contribution in [2.75, 3.05) is 12.3 Å². The van der Waals surface area contributed by atoms with Crippen molar-refractivity contribution in [3.05, 3.63) is 29.3 Å². The normalized spacial score (nSPS) is 19.9. The Morgan fingerprint density at radius 2 is 2.22 bits per heavy atom. The van der Waals surface area contributed by atoms with E-state index in [-0.39, 0.29) is 5.91 Å². The molecule has 1 heterocycles. The molecule has 1 unspecified atom stereocenters. The van der Waals surface area contributed by atoms with E-state index in [1.54, 1.807) is 0 Å². The highest BCUT2D eigenvalue weighted by molar-refractivity contribution is 5.97. The predicted molar refractivity (Wildman–Crippen MR) is 74.6 cm³/mol. The van der Waals surface area contributed by atoms with Crippen molar-refractivity contribution in [3.63, 3.8) is 0 Å². The second-order valence-corrected chi connectivity index (χ2v) is 5.08. The van der Waals surface area contributed by atoms with Gasteiger partial charge in [-0.2, -0.15) is 0 Å². The Morgan fingerprint density at radius 3 is 2.94 bits per heavy atom. The Morgan fingerprint density at radius 1 is 1.44 bits per heavy atom. The molecule has 18 heavy (non-hydrogen) atoms. The zero-order chi connectivity index (χ0) is 13.1. The minimum absolute atomic E-state index is 0.145. The predicted octanol–water partition coefficient (Wildman–Crippen LogP) is 2.98. The number of hydrogen-bond acceptors (Lipinski definition) is 2. The molecule has 2 rings (SSSR count). The first-order valence-corrected chi connectivity index (χ1v) is 6.81. The molecule has 1 saturated heterocycles. The van der Waals surface area contributed by atoms with Gasteiger partial charge in [0, 0.05) is 23.8 Å². The lowest BCUT2D eigenvalue weighted by Crippen LogP contribution is -2.43. The van der Waals surface area contributed by atoms with Gasteiger partial charge in [-0.05, 0) is 50.3 Å². The van der Waals surface area contributed by atoms with Gasteiger partial charge in [0.25, 0.3) is 5.91 Å². The first kappa shape index (κ1) is 12.9. The summed E-state index contributed by atoms with van der Waals surface area (Å²) in [7, 11) is 0. The fourth-order valence-corrected chi connectivity index (χ4v) is 2.73. The van der Waals surface area contributed by atoms with Crippen LogP contribution in [0.2, 0.25) is 0 Å². The number of nitrogens with two attached hydrogens (primary N) is 1. The van der Waals surface area contributed by atoms with Gasteiger partial charge in [0.05, 0.1) is 0 Å². The topological polar surface area (TPSA) is 46.3 Å². The van der Waals surface area contributed by atoms with Crippen LogP contribution in [0.1, 0.15) is 48.5 Å². The summed E-state index contributed by atoms with van der Waals surface area (Å²) in [4.78, 5) is 14.6. The number of nitrogens with zero attached hydrogens (tertiary/aromatic N) is 1. The molecule has 1 aromatic rings. The van der Waals surface area contributed by atoms with Gasteiger partial charge in [0.1, 0.15) is 0 Å². The lowest BCUT2D eigenvalue weighted by atomic mass is 9.97. The monoisotopic (exact) mass is 246 g/mol. The summed E-state index contributed by atoms with van der Waals surface area (Å²) >= 11 is 0. The molecule has 1 aliphatic heterocycles. The summed E-state index contributed by atoms with van der Waals surface area (Å²) in [6.45, 7) is 4.96. The maximum atomic E-state index is 12.6. The molecule has 1 amide bonds. The zero-order valence-corrected chi connectivity index (χ0v) is 11.3. The zero-order valence-electron chi connectivity index (χ0n) is 11.3. The summed E-state index contributed by atoms with van der Waals surface area (Å²) < 4.78 is 0. The van der Waals surface area contributed by atoms with E-state index >= 15 is 0 Å². The standard InChI is InChI=1S/C15H22N2O/c1-3-12-7-4-5-10-17(12)15(18)13-8-6-9-14(16)11(13)2/h6,8-9,12H,3-5,7,10,16H2,1-2H3. The molecule has 2 N–H and O–H groups in total. The number of nitrogen functional groups attached to an aromatic ring is 1. The summed E-state index contributed by atoms with van der Waals surface area (Å²) in [5.74, 6) is 0.145. The fraction of sp³-hybridized carbons (Fsp3) is 0.533. The van der Waals surface area contributed by atoms with E-state index in [2.05, 4.69) is 6.92 Å². The van der Waals surface area contributed by atoms with Gasteiger partial charge in [-0.25, -0.2) is 0 Å². The van der Waals surface area contributed by atoms with Crippen LogP contribution >= 0.6 is 0 Å². The molecular weight excluding hydrogens is 224 g/mol. The highest BCUT2D eigenvalue weighted by Crippen LogP contribution is 2.24. The van der Waals surface area contributed by atoms with Crippen molar-refractivity contribution in [2.24, 2.45) is 0 Å². The number of amides is 1. The van der Waals surface area contributed by atoms with Crippen LogP contribution in [0.5, 0.6) is 0 Å². The molecule has 1 aliphatic rings. The number of carbonyl (C=O) groups is 1. The molecule has 0 aromatic heterocycles. The summed E-state index contributed by atoms with van der Waals surface area (Å²) in [5.41, 5.74) is 8.25. The van der Waals surface area contributed by atoms with E-state index in [9.17, 15) is 4.79 Å². The van der Waals surface area contributed by atoms with Crippen molar-refractivity contribution in [1.82, 2.24) is 4.90 Å². The van der Waals surface area contributed by atoms with Gasteiger partial charge in [-0.15, -0.1) is 0 Å². The highest BCUT2D eigenvalue weighted by Gasteiger charge is 2.27. The minimum atomic E-state index is 0.145. The lowest BCUT2D eigenvalue weighted by Gasteiger charge is -2.35. The first-order valence-electron chi connectivity index (χ1n) is 6.81. The maximum absolute atomic E-state index is 12.6. The van der Waals surface area contributed by atoms with Crippen LogP contribution in [0.4, 0.5) is 5.69 Å². The number of rotatable bonds is 2. The molecule has 1 aromatic carbocycles. The van der Waals surface area contributed by atoms with E-state index in [1.807, 2.05) is 30.0 Å². The van der Waals surface area contributed by atoms with E-state index in [4.69, 9.17) is 5.73 Å².